The van der Waals surface area contributed by atoms with Gasteiger partial charge in [0.25, 0.3) is 5.91 Å². The Morgan fingerprint density at radius 1 is 1.29 bits per heavy atom. The van der Waals surface area contributed by atoms with E-state index in [1.807, 2.05) is 6.26 Å². The Kier molecular flexibility index (Phi) is 4.80. The van der Waals surface area contributed by atoms with Gasteiger partial charge in [-0.25, -0.2) is 8.78 Å². The van der Waals surface area contributed by atoms with E-state index in [0.717, 1.165) is 5.75 Å². The van der Waals surface area contributed by atoms with E-state index in [0.29, 0.717) is 23.2 Å². The Hall–Kier alpha value is -2.41. The molecular weight excluding hydrogens is 332 g/mol. The Balaban J connectivity index is 2.03. The topological polar surface area (TPSA) is 57.8 Å². The van der Waals surface area contributed by atoms with Crippen molar-refractivity contribution in [3.63, 3.8) is 0 Å². The molecule has 0 spiro atoms. The molecule has 4 nitrogen and oxygen atoms in total. The van der Waals surface area contributed by atoms with Crippen LogP contribution in [0.25, 0.3) is 22.2 Å². The molecule has 2 aromatic carbocycles. The molecule has 7 heteroatoms. The highest BCUT2D eigenvalue weighted by molar-refractivity contribution is 7.98. The van der Waals surface area contributed by atoms with Crippen molar-refractivity contribution in [3.05, 3.63) is 53.6 Å². The number of aromatic nitrogens is 2. The van der Waals surface area contributed by atoms with Crippen LogP contribution in [0.5, 0.6) is 0 Å². The summed E-state index contributed by atoms with van der Waals surface area (Å²) < 4.78 is 27.7. The van der Waals surface area contributed by atoms with E-state index in [9.17, 15) is 13.6 Å². The summed E-state index contributed by atoms with van der Waals surface area (Å²) in [7, 11) is 0. The van der Waals surface area contributed by atoms with Crippen LogP contribution in [-0.2, 0) is 0 Å². The third-order valence-electron chi connectivity index (χ3n) is 3.58. The summed E-state index contributed by atoms with van der Waals surface area (Å²) in [6.07, 6.45) is 1.94. The summed E-state index contributed by atoms with van der Waals surface area (Å²) in [5.41, 5.74) is 1.32. The molecule has 0 radical (unpaired) electrons. The van der Waals surface area contributed by atoms with E-state index in [4.69, 9.17) is 0 Å². The molecule has 0 aliphatic carbocycles. The van der Waals surface area contributed by atoms with Gasteiger partial charge in [-0.1, -0.05) is 12.1 Å². The summed E-state index contributed by atoms with van der Waals surface area (Å²) >= 11 is 1.61. The first-order chi connectivity index (χ1) is 11.6. The molecule has 124 valence electrons. The van der Waals surface area contributed by atoms with Crippen molar-refractivity contribution in [3.8, 4) is 11.3 Å². The fraction of sp³-hybridized carbons (Fsp3) is 0.176. The van der Waals surface area contributed by atoms with Gasteiger partial charge in [0, 0.05) is 28.8 Å². The maximum Gasteiger partial charge on any atom is 0.251 e. The number of nitrogens with one attached hydrogen (secondary N) is 2. The number of hydrogen-bond acceptors (Lipinski definition) is 3. The van der Waals surface area contributed by atoms with Crippen molar-refractivity contribution in [1.82, 2.24) is 15.5 Å². The summed E-state index contributed by atoms with van der Waals surface area (Å²) in [5.74, 6) is -0.555. The van der Waals surface area contributed by atoms with Crippen molar-refractivity contribution in [2.75, 3.05) is 18.6 Å². The minimum absolute atomic E-state index is 0.190. The van der Waals surface area contributed by atoms with E-state index in [1.165, 1.54) is 18.2 Å². The number of hydrogen-bond donors (Lipinski definition) is 2. The number of benzene rings is 2. The average molecular weight is 347 g/mol. The normalized spacial score (nSPS) is 11.0. The second-order valence-electron chi connectivity index (χ2n) is 5.21. The Morgan fingerprint density at radius 2 is 2.12 bits per heavy atom. The van der Waals surface area contributed by atoms with Gasteiger partial charge in [-0.15, -0.1) is 0 Å². The first-order valence-electron chi connectivity index (χ1n) is 7.31. The molecule has 0 fully saturated rings. The molecule has 0 aliphatic heterocycles. The largest absolute Gasteiger partial charge is 0.351 e. The lowest BCUT2D eigenvalue weighted by Gasteiger charge is -2.05. The second kappa shape index (κ2) is 7.00. The lowest BCUT2D eigenvalue weighted by molar-refractivity contribution is 0.0956. The fourth-order valence-electron chi connectivity index (χ4n) is 2.43. The highest BCUT2D eigenvalue weighted by atomic mass is 32.2. The quantitative estimate of drug-likeness (QED) is 0.694. The lowest BCUT2D eigenvalue weighted by atomic mass is 10.0. The summed E-state index contributed by atoms with van der Waals surface area (Å²) in [6, 6.07) is 8.62. The number of carbonyl (C=O) groups is 1. The van der Waals surface area contributed by atoms with Gasteiger partial charge in [0.15, 0.2) is 0 Å². The standard InChI is InChI=1S/C17H15F2N3OS/c1-24-6-5-20-17(23)11-8-13-15(10-3-2-4-12(18)7-10)21-22-16(13)14(19)9-11/h2-4,7-9H,5-6H2,1H3,(H,20,23)(H,21,22). The monoisotopic (exact) mass is 347 g/mol. The number of halogens is 2. The summed E-state index contributed by atoms with van der Waals surface area (Å²) in [4.78, 5) is 12.2. The zero-order valence-electron chi connectivity index (χ0n) is 12.9. The number of amides is 1. The SMILES string of the molecule is CSCCNC(=O)c1cc(F)c2[nH]nc(-c3cccc(F)c3)c2c1. The number of aromatic amines is 1. The van der Waals surface area contributed by atoms with Gasteiger partial charge in [0.05, 0.1) is 0 Å². The molecule has 1 heterocycles. The molecule has 0 saturated heterocycles. The number of nitrogens with zero attached hydrogens (tertiary/aromatic N) is 1. The molecule has 24 heavy (non-hydrogen) atoms. The lowest BCUT2D eigenvalue weighted by Crippen LogP contribution is -2.25. The van der Waals surface area contributed by atoms with Crippen molar-refractivity contribution in [1.29, 1.82) is 0 Å². The molecule has 0 bridgehead atoms. The van der Waals surface area contributed by atoms with E-state index < -0.39 is 11.6 Å². The second-order valence-corrected chi connectivity index (χ2v) is 6.20. The van der Waals surface area contributed by atoms with Gasteiger partial charge in [-0.05, 0) is 30.5 Å². The van der Waals surface area contributed by atoms with Crippen LogP contribution in [0.3, 0.4) is 0 Å². The van der Waals surface area contributed by atoms with Crippen LogP contribution in [0.4, 0.5) is 8.78 Å². The molecule has 0 unspecified atom stereocenters. The van der Waals surface area contributed by atoms with Gasteiger partial charge in [-0.3, -0.25) is 9.89 Å². The Labute approximate surface area is 141 Å². The summed E-state index contributed by atoms with van der Waals surface area (Å²) in [5, 5.41) is 9.86. The maximum absolute atomic E-state index is 14.3. The molecule has 0 saturated carbocycles. The Bertz CT molecular complexity index is 895. The van der Waals surface area contributed by atoms with Crippen LogP contribution in [0, 0.1) is 11.6 Å². The molecular formula is C17H15F2N3OS. The zero-order chi connectivity index (χ0) is 17.1. The smallest absolute Gasteiger partial charge is 0.251 e. The van der Waals surface area contributed by atoms with Gasteiger partial charge in [0.1, 0.15) is 22.8 Å². The minimum Gasteiger partial charge on any atom is -0.351 e. The van der Waals surface area contributed by atoms with Crippen molar-refractivity contribution in [2.45, 2.75) is 0 Å². The van der Waals surface area contributed by atoms with E-state index >= 15 is 0 Å². The van der Waals surface area contributed by atoms with Gasteiger partial charge < -0.3 is 5.32 Å². The van der Waals surface area contributed by atoms with Crippen LogP contribution >= 0.6 is 11.8 Å². The van der Waals surface area contributed by atoms with Crippen LogP contribution in [0.15, 0.2) is 36.4 Å². The third kappa shape index (κ3) is 3.26. The first kappa shape index (κ1) is 16.4. The minimum atomic E-state index is -0.572. The molecule has 1 aromatic heterocycles. The van der Waals surface area contributed by atoms with Gasteiger partial charge in [-0.2, -0.15) is 16.9 Å². The van der Waals surface area contributed by atoms with E-state index in [2.05, 4.69) is 15.5 Å². The number of H-pyrrole nitrogens is 1. The highest BCUT2D eigenvalue weighted by Crippen LogP contribution is 2.29. The molecule has 3 rings (SSSR count). The molecule has 0 atom stereocenters. The highest BCUT2D eigenvalue weighted by Gasteiger charge is 2.16. The molecule has 2 N–H and O–H groups in total. The third-order valence-corrected chi connectivity index (χ3v) is 4.19. The van der Waals surface area contributed by atoms with E-state index in [1.54, 1.807) is 30.0 Å². The Morgan fingerprint density at radius 3 is 2.88 bits per heavy atom. The van der Waals surface area contributed by atoms with Gasteiger partial charge in [0.2, 0.25) is 0 Å². The number of carbonyl (C=O) groups excluding carboxylic acids is 1. The maximum atomic E-state index is 14.3. The number of fused-ring (bicyclic) bond motifs is 1. The zero-order valence-corrected chi connectivity index (χ0v) is 13.7. The predicted octanol–water partition coefficient (Wildman–Crippen LogP) is 3.60. The van der Waals surface area contributed by atoms with Crippen LogP contribution < -0.4 is 5.32 Å². The number of rotatable bonds is 5. The van der Waals surface area contributed by atoms with Crippen molar-refractivity contribution < 1.29 is 13.6 Å². The average Bonchev–Trinajstić information content (AvgIpc) is 2.99. The van der Waals surface area contributed by atoms with Crippen LogP contribution in [-0.4, -0.2) is 34.7 Å². The molecule has 0 aliphatic rings. The fourth-order valence-corrected chi connectivity index (χ4v) is 2.74. The van der Waals surface area contributed by atoms with Crippen LogP contribution in [0.2, 0.25) is 0 Å². The molecule has 1 amide bonds. The molecule has 3 aromatic rings. The summed E-state index contributed by atoms with van der Waals surface area (Å²) in [6.45, 7) is 0.502. The van der Waals surface area contributed by atoms with Crippen LogP contribution in [0.1, 0.15) is 10.4 Å². The van der Waals surface area contributed by atoms with Crippen molar-refractivity contribution >= 4 is 28.6 Å². The van der Waals surface area contributed by atoms with E-state index in [-0.39, 0.29) is 17.0 Å². The first-order valence-corrected chi connectivity index (χ1v) is 8.70. The van der Waals surface area contributed by atoms with Crippen molar-refractivity contribution in [2.24, 2.45) is 0 Å². The van der Waals surface area contributed by atoms with Gasteiger partial charge >= 0.3 is 0 Å². The number of thioether (sulfide) groups is 1. The predicted molar refractivity (Wildman–Crippen MR) is 92.2 cm³/mol.